The minimum atomic E-state index is -0.119. The maximum Gasteiger partial charge on any atom is 0.294 e. The van der Waals surface area contributed by atoms with Gasteiger partial charge < -0.3 is 15.0 Å². The van der Waals surface area contributed by atoms with E-state index in [0.29, 0.717) is 28.2 Å². The Morgan fingerprint density at radius 3 is 2.48 bits per heavy atom. The summed E-state index contributed by atoms with van der Waals surface area (Å²) in [6.07, 6.45) is 1.93. The van der Waals surface area contributed by atoms with E-state index >= 15 is 0 Å². The molecule has 1 saturated heterocycles. The first-order chi connectivity index (χ1) is 16.1. The van der Waals surface area contributed by atoms with Gasteiger partial charge in [-0.3, -0.25) is 0 Å². The SMILES string of the molecule is N#Cc1cccc(-c2ccc(C3(COc4nc5cc(Cl)c(Cl)cc5[nH]4)CCNCC3)cc2)c1. The number of fused-ring (bicyclic) bond motifs is 1. The third kappa shape index (κ3) is 4.43. The zero-order valence-electron chi connectivity index (χ0n) is 17.9. The molecule has 7 heteroatoms. The maximum absolute atomic E-state index is 9.19. The molecule has 0 spiro atoms. The highest BCUT2D eigenvalue weighted by Crippen LogP contribution is 2.36. The molecule has 166 valence electrons. The molecule has 4 aromatic rings. The second-order valence-electron chi connectivity index (χ2n) is 8.41. The molecule has 0 atom stereocenters. The second kappa shape index (κ2) is 9.07. The molecule has 2 N–H and O–H groups in total. The molecule has 1 fully saturated rings. The van der Waals surface area contributed by atoms with Gasteiger partial charge in [-0.25, -0.2) is 0 Å². The van der Waals surface area contributed by atoms with Crippen LogP contribution in [0.15, 0.2) is 60.7 Å². The molecule has 2 heterocycles. The standard InChI is InChI=1S/C26H22Cl2N4O/c27-21-13-23-24(14-22(21)28)32-25(31-23)33-16-26(8-10-30-11-9-26)20-6-4-18(5-7-20)19-3-1-2-17(12-19)15-29/h1-7,12-14,30H,8-11,16H2,(H,31,32). The summed E-state index contributed by atoms with van der Waals surface area (Å²) in [5.74, 6) is 0. The molecule has 0 amide bonds. The lowest BCUT2D eigenvalue weighted by atomic mass is 9.73. The summed E-state index contributed by atoms with van der Waals surface area (Å²) in [7, 11) is 0. The molecule has 1 aromatic heterocycles. The fraction of sp³-hybridized carbons (Fsp3) is 0.231. The summed E-state index contributed by atoms with van der Waals surface area (Å²) >= 11 is 12.3. The molecule has 5 nitrogen and oxygen atoms in total. The van der Waals surface area contributed by atoms with Gasteiger partial charge in [-0.15, -0.1) is 0 Å². The van der Waals surface area contributed by atoms with Crippen LogP contribution in [-0.4, -0.2) is 29.7 Å². The van der Waals surface area contributed by atoms with Crippen LogP contribution in [0.3, 0.4) is 0 Å². The first-order valence-corrected chi connectivity index (χ1v) is 11.6. The maximum atomic E-state index is 9.19. The highest BCUT2D eigenvalue weighted by atomic mass is 35.5. The molecule has 33 heavy (non-hydrogen) atoms. The number of nitrogens with zero attached hydrogens (tertiary/aromatic N) is 2. The van der Waals surface area contributed by atoms with E-state index in [1.54, 1.807) is 12.1 Å². The summed E-state index contributed by atoms with van der Waals surface area (Å²) in [6.45, 7) is 2.38. The minimum Gasteiger partial charge on any atom is -0.464 e. The van der Waals surface area contributed by atoms with E-state index in [4.69, 9.17) is 27.9 Å². The number of nitrogens with one attached hydrogen (secondary N) is 2. The number of piperidine rings is 1. The third-order valence-corrected chi connectivity index (χ3v) is 7.09. The van der Waals surface area contributed by atoms with E-state index < -0.39 is 0 Å². The average molecular weight is 477 g/mol. The Morgan fingerprint density at radius 2 is 1.73 bits per heavy atom. The van der Waals surface area contributed by atoms with Crippen molar-refractivity contribution in [2.24, 2.45) is 0 Å². The molecule has 0 radical (unpaired) electrons. The van der Waals surface area contributed by atoms with Crippen LogP contribution in [0.25, 0.3) is 22.2 Å². The lowest BCUT2D eigenvalue weighted by Gasteiger charge is -2.37. The molecular formula is C26H22Cl2N4O. The first-order valence-electron chi connectivity index (χ1n) is 10.9. The van der Waals surface area contributed by atoms with E-state index in [9.17, 15) is 5.26 Å². The molecular weight excluding hydrogens is 455 g/mol. The van der Waals surface area contributed by atoms with Gasteiger partial charge in [0.1, 0.15) is 6.61 Å². The van der Waals surface area contributed by atoms with E-state index in [1.165, 1.54) is 5.56 Å². The summed E-state index contributed by atoms with van der Waals surface area (Å²) < 4.78 is 6.20. The average Bonchev–Trinajstić information content (AvgIpc) is 3.25. The molecule has 0 aliphatic carbocycles. The smallest absolute Gasteiger partial charge is 0.294 e. The van der Waals surface area contributed by atoms with E-state index in [0.717, 1.165) is 48.1 Å². The number of H-pyrrole nitrogens is 1. The second-order valence-corrected chi connectivity index (χ2v) is 9.23. The Balaban J connectivity index is 1.40. The topological polar surface area (TPSA) is 73.7 Å². The lowest BCUT2D eigenvalue weighted by molar-refractivity contribution is 0.167. The Morgan fingerprint density at radius 1 is 0.970 bits per heavy atom. The van der Waals surface area contributed by atoms with Crippen molar-refractivity contribution < 1.29 is 4.74 Å². The van der Waals surface area contributed by atoms with Gasteiger partial charge in [-0.1, -0.05) is 59.6 Å². The number of benzene rings is 3. The third-order valence-electron chi connectivity index (χ3n) is 6.37. The number of rotatable bonds is 5. The van der Waals surface area contributed by atoms with Gasteiger partial charge in [0.25, 0.3) is 6.01 Å². The van der Waals surface area contributed by atoms with Crippen molar-refractivity contribution in [1.29, 1.82) is 5.26 Å². The molecule has 3 aromatic carbocycles. The molecule has 1 aliphatic rings. The zero-order valence-corrected chi connectivity index (χ0v) is 19.4. The van der Waals surface area contributed by atoms with Crippen LogP contribution in [0, 0.1) is 11.3 Å². The van der Waals surface area contributed by atoms with Crippen LogP contribution in [0.1, 0.15) is 24.0 Å². The summed E-state index contributed by atoms with van der Waals surface area (Å²) in [4.78, 5) is 7.73. The number of hydrogen-bond acceptors (Lipinski definition) is 4. The quantitative estimate of drug-likeness (QED) is 0.364. The number of nitriles is 1. The number of hydrogen-bond donors (Lipinski definition) is 2. The Hall–Kier alpha value is -3.04. The minimum absolute atomic E-state index is 0.119. The van der Waals surface area contributed by atoms with Gasteiger partial charge >= 0.3 is 0 Å². The van der Waals surface area contributed by atoms with Gasteiger partial charge in [0.15, 0.2) is 0 Å². The first kappa shape index (κ1) is 21.8. The van der Waals surface area contributed by atoms with Crippen molar-refractivity contribution in [3.05, 3.63) is 81.8 Å². The fourth-order valence-corrected chi connectivity index (χ4v) is 4.78. The van der Waals surface area contributed by atoms with Crippen LogP contribution in [-0.2, 0) is 5.41 Å². The van der Waals surface area contributed by atoms with E-state index in [2.05, 4.69) is 45.6 Å². The van der Waals surface area contributed by atoms with Crippen molar-refractivity contribution in [2.75, 3.05) is 19.7 Å². The number of ether oxygens (including phenoxy) is 1. The van der Waals surface area contributed by atoms with Crippen molar-refractivity contribution in [3.8, 4) is 23.2 Å². The Kier molecular flexibility index (Phi) is 5.99. The van der Waals surface area contributed by atoms with Gasteiger partial charge in [-0.05, 0) is 66.9 Å². The highest BCUT2D eigenvalue weighted by molar-refractivity contribution is 6.42. The van der Waals surface area contributed by atoms with Crippen LogP contribution in [0.2, 0.25) is 10.0 Å². The predicted octanol–water partition coefficient (Wildman–Crippen LogP) is 6.11. The van der Waals surface area contributed by atoms with Crippen LogP contribution in [0.5, 0.6) is 6.01 Å². The molecule has 1 aliphatic heterocycles. The zero-order chi connectivity index (χ0) is 22.8. The van der Waals surface area contributed by atoms with E-state index in [-0.39, 0.29) is 5.41 Å². The largest absolute Gasteiger partial charge is 0.464 e. The molecule has 0 unspecified atom stereocenters. The summed E-state index contributed by atoms with van der Waals surface area (Å²) in [5.41, 5.74) is 5.43. The fourth-order valence-electron chi connectivity index (χ4n) is 4.46. The number of halogens is 2. The van der Waals surface area contributed by atoms with E-state index in [1.807, 2.05) is 24.3 Å². The number of aromatic amines is 1. The van der Waals surface area contributed by atoms with Crippen molar-refractivity contribution in [3.63, 3.8) is 0 Å². The normalized spacial score (nSPS) is 15.3. The van der Waals surface area contributed by atoms with Gasteiger partial charge in [0.05, 0.1) is 32.7 Å². The summed E-state index contributed by atoms with van der Waals surface area (Å²) in [6, 6.07) is 22.5. The number of aromatic nitrogens is 2. The van der Waals surface area contributed by atoms with Crippen LogP contribution >= 0.6 is 23.2 Å². The Labute approximate surface area is 202 Å². The van der Waals surface area contributed by atoms with Gasteiger partial charge in [-0.2, -0.15) is 10.2 Å². The van der Waals surface area contributed by atoms with Crippen molar-refractivity contribution in [1.82, 2.24) is 15.3 Å². The Bertz CT molecular complexity index is 1300. The number of imidazole rings is 1. The van der Waals surface area contributed by atoms with Crippen molar-refractivity contribution in [2.45, 2.75) is 18.3 Å². The lowest BCUT2D eigenvalue weighted by Crippen LogP contribution is -2.44. The summed E-state index contributed by atoms with van der Waals surface area (Å²) in [5, 5.41) is 13.6. The van der Waals surface area contributed by atoms with Crippen LogP contribution < -0.4 is 10.1 Å². The predicted molar refractivity (Wildman–Crippen MR) is 132 cm³/mol. The van der Waals surface area contributed by atoms with Gasteiger partial charge in [0, 0.05) is 5.41 Å². The molecule has 0 bridgehead atoms. The monoisotopic (exact) mass is 476 g/mol. The van der Waals surface area contributed by atoms with Gasteiger partial charge in [0.2, 0.25) is 0 Å². The molecule has 5 rings (SSSR count). The van der Waals surface area contributed by atoms with Crippen molar-refractivity contribution >= 4 is 34.2 Å². The van der Waals surface area contributed by atoms with Crippen LogP contribution in [0.4, 0.5) is 0 Å². The highest BCUT2D eigenvalue weighted by Gasteiger charge is 2.35. The molecule has 0 saturated carbocycles.